The number of pyridine rings is 2. The molecule has 1 aliphatic rings. The first-order chi connectivity index (χ1) is 13.1. The van der Waals surface area contributed by atoms with Crippen LogP contribution in [0.1, 0.15) is 22.4 Å². The van der Waals surface area contributed by atoms with E-state index >= 15 is 0 Å². The standard InChI is InChI=1S/C22H23N3O2/c1-15-13-16(2)22(26)21-19(15)7-6-18(24-21)5-3-17-4-8-20(23-14-17)25-9-11-27-12-10-25/h3-8,13-14,26H,9-12H2,1-2H3/b5-3+. The molecule has 27 heavy (non-hydrogen) atoms. The monoisotopic (exact) mass is 361 g/mol. The normalized spacial score (nSPS) is 15.0. The molecular weight excluding hydrogens is 338 g/mol. The number of phenols is 1. The molecule has 0 atom stereocenters. The van der Waals surface area contributed by atoms with Gasteiger partial charge in [0.15, 0.2) is 0 Å². The molecule has 0 bridgehead atoms. The van der Waals surface area contributed by atoms with E-state index in [0.29, 0.717) is 5.52 Å². The molecule has 5 nitrogen and oxygen atoms in total. The highest BCUT2D eigenvalue weighted by Crippen LogP contribution is 2.30. The fourth-order valence-corrected chi connectivity index (χ4v) is 3.38. The van der Waals surface area contributed by atoms with E-state index in [1.54, 1.807) is 0 Å². The fourth-order valence-electron chi connectivity index (χ4n) is 3.38. The van der Waals surface area contributed by atoms with E-state index in [2.05, 4.69) is 20.9 Å². The first-order valence-corrected chi connectivity index (χ1v) is 9.18. The summed E-state index contributed by atoms with van der Waals surface area (Å²) in [6, 6.07) is 10.1. The summed E-state index contributed by atoms with van der Waals surface area (Å²) in [5.74, 6) is 1.23. The van der Waals surface area contributed by atoms with Crippen LogP contribution >= 0.6 is 0 Å². The van der Waals surface area contributed by atoms with Crippen molar-refractivity contribution in [3.8, 4) is 5.75 Å². The van der Waals surface area contributed by atoms with Gasteiger partial charge in [0.05, 0.1) is 18.9 Å². The van der Waals surface area contributed by atoms with E-state index in [9.17, 15) is 5.11 Å². The van der Waals surface area contributed by atoms with Gasteiger partial charge in [-0.15, -0.1) is 0 Å². The first-order valence-electron chi connectivity index (χ1n) is 9.18. The molecule has 2 aromatic heterocycles. The van der Waals surface area contributed by atoms with Crippen LogP contribution in [0.25, 0.3) is 23.1 Å². The summed E-state index contributed by atoms with van der Waals surface area (Å²) in [6.45, 7) is 7.20. The summed E-state index contributed by atoms with van der Waals surface area (Å²) >= 11 is 0. The molecule has 4 rings (SSSR count). The van der Waals surface area contributed by atoms with Gasteiger partial charge in [0.25, 0.3) is 0 Å². The van der Waals surface area contributed by atoms with Gasteiger partial charge in [-0.2, -0.15) is 0 Å². The summed E-state index contributed by atoms with van der Waals surface area (Å²) in [6.07, 6.45) is 5.81. The number of morpholine rings is 1. The molecule has 1 N–H and O–H groups in total. The molecule has 1 aliphatic heterocycles. The van der Waals surface area contributed by atoms with Crippen LogP contribution in [0.3, 0.4) is 0 Å². The fraction of sp³-hybridized carbons (Fsp3) is 0.273. The van der Waals surface area contributed by atoms with Crippen molar-refractivity contribution in [3.63, 3.8) is 0 Å². The van der Waals surface area contributed by atoms with Crippen LogP contribution in [0.5, 0.6) is 5.75 Å². The Labute approximate surface area is 159 Å². The third-order valence-electron chi connectivity index (χ3n) is 4.92. The molecule has 0 radical (unpaired) electrons. The second-order valence-corrected chi connectivity index (χ2v) is 6.87. The summed E-state index contributed by atoms with van der Waals surface area (Å²) in [7, 11) is 0. The number of fused-ring (bicyclic) bond motifs is 1. The Morgan fingerprint density at radius 3 is 2.59 bits per heavy atom. The van der Waals surface area contributed by atoms with Crippen molar-refractivity contribution in [2.45, 2.75) is 13.8 Å². The van der Waals surface area contributed by atoms with Crippen molar-refractivity contribution < 1.29 is 9.84 Å². The molecule has 138 valence electrons. The van der Waals surface area contributed by atoms with Gasteiger partial charge in [-0.1, -0.05) is 18.2 Å². The molecule has 1 aromatic carbocycles. The SMILES string of the molecule is Cc1cc(C)c2ccc(/C=C/c3ccc(N4CCOCC4)nc3)nc2c1O. The van der Waals surface area contributed by atoms with Crippen LogP contribution in [-0.2, 0) is 4.74 Å². The number of nitrogens with zero attached hydrogens (tertiary/aromatic N) is 3. The van der Waals surface area contributed by atoms with Gasteiger partial charge in [0.1, 0.15) is 17.1 Å². The highest BCUT2D eigenvalue weighted by atomic mass is 16.5. The van der Waals surface area contributed by atoms with Crippen molar-refractivity contribution in [2.24, 2.45) is 0 Å². The number of anilines is 1. The van der Waals surface area contributed by atoms with Crippen LogP contribution in [0.15, 0.2) is 36.5 Å². The van der Waals surface area contributed by atoms with Crippen molar-refractivity contribution in [1.82, 2.24) is 9.97 Å². The maximum absolute atomic E-state index is 10.3. The number of aromatic hydroxyl groups is 1. The molecule has 3 aromatic rings. The number of aromatic nitrogens is 2. The molecule has 0 aliphatic carbocycles. The molecule has 5 heteroatoms. The number of aryl methyl sites for hydroxylation is 2. The number of benzene rings is 1. The Morgan fingerprint density at radius 1 is 1.04 bits per heavy atom. The predicted octanol–water partition coefficient (Wildman–Crippen LogP) is 3.96. The Balaban J connectivity index is 1.56. The Bertz CT molecular complexity index is 991. The minimum atomic E-state index is 0.252. The summed E-state index contributed by atoms with van der Waals surface area (Å²) in [5, 5.41) is 11.3. The zero-order chi connectivity index (χ0) is 18.8. The first kappa shape index (κ1) is 17.5. The Morgan fingerprint density at radius 2 is 1.85 bits per heavy atom. The van der Waals surface area contributed by atoms with E-state index in [1.807, 2.05) is 56.5 Å². The number of ether oxygens (including phenoxy) is 1. The van der Waals surface area contributed by atoms with Crippen LogP contribution in [0, 0.1) is 13.8 Å². The highest BCUT2D eigenvalue weighted by Gasteiger charge is 2.11. The Hall–Kier alpha value is -2.92. The summed E-state index contributed by atoms with van der Waals surface area (Å²) < 4.78 is 5.38. The average molecular weight is 361 g/mol. The summed E-state index contributed by atoms with van der Waals surface area (Å²) in [4.78, 5) is 11.4. The lowest BCUT2D eigenvalue weighted by Crippen LogP contribution is -2.36. The van der Waals surface area contributed by atoms with E-state index in [1.165, 1.54) is 0 Å². The lowest BCUT2D eigenvalue weighted by Gasteiger charge is -2.27. The number of hydrogen-bond acceptors (Lipinski definition) is 5. The molecular formula is C22H23N3O2. The molecule has 1 saturated heterocycles. The lowest BCUT2D eigenvalue weighted by molar-refractivity contribution is 0.122. The van der Waals surface area contributed by atoms with Gasteiger partial charge < -0.3 is 14.7 Å². The van der Waals surface area contributed by atoms with Gasteiger partial charge in [-0.25, -0.2) is 9.97 Å². The van der Waals surface area contributed by atoms with Crippen LogP contribution in [0.4, 0.5) is 5.82 Å². The zero-order valence-corrected chi connectivity index (χ0v) is 15.6. The number of rotatable bonds is 3. The molecule has 0 spiro atoms. The van der Waals surface area contributed by atoms with Gasteiger partial charge in [0, 0.05) is 24.7 Å². The van der Waals surface area contributed by atoms with Crippen LogP contribution < -0.4 is 4.90 Å². The van der Waals surface area contributed by atoms with Crippen molar-refractivity contribution >= 4 is 28.9 Å². The van der Waals surface area contributed by atoms with E-state index in [0.717, 1.165) is 59.9 Å². The maximum Gasteiger partial charge on any atom is 0.144 e. The third kappa shape index (κ3) is 3.64. The van der Waals surface area contributed by atoms with Gasteiger partial charge in [-0.3, -0.25) is 0 Å². The van der Waals surface area contributed by atoms with E-state index < -0.39 is 0 Å². The largest absolute Gasteiger partial charge is 0.505 e. The van der Waals surface area contributed by atoms with Gasteiger partial charge in [0.2, 0.25) is 0 Å². The van der Waals surface area contributed by atoms with Crippen LogP contribution in [-0.4, -0.2) is 41.4 Å². The highest BCUT2D eigenvalue weighted by molar-refractivity contribution is 5.89. The van der Waals surface area contributed by atoms with Crippen molar-refractivity contribution in [1.29, 1.82) is 0 Å². The second kappa shape index (κ2) is 7.37. The smallest absolute Gasteiger partial charge is 0.144 e. The molecule has 0 saturated carbocycles. The Kier molecular flexibility index (Phi) is 4.77. The average Bonchev–Trinajstić information content (AvgIpc) is 2.71. The van der Waals surface area contributed by atoms with E-state index in [-0.39, 0.29) is 5.75 Å². The minimum Gasteiger partial charge on any atom is -0.505 e. The van der Waals surface area contributed by atoms with Gasteiger partial charge in [-0.05, 0) is 54.8 Å². The topological polar surface area (TPSA) is 58.5 Å². The van der Waals surface area contributed by atoms with E-state index in [4.69, 9.17) is 4.74 Å². The second-order valence-electron chi connectivity index (χ2n) is 6.87. The maximum atomic E-state index is 10.3. The minimum absolute atomic E-state index is 0.252. The number of hydrogen-bond donors (Lipinski definition) is 1. The van der Waals surface area contributed by atoms with Crippen molar-refractivity contribution in [3.05, 3.63) is 58.9 Å². The molecule has 0 unspecified atom stereocenters. The predicted molar refractivity (Wildman–Crippen MR) is 109 cm³/mol. The molecule has 0 amide bonds. The lowest BCUT2D eigenvalue weighted by atomic mass is 10.0. The van der Waals surface area contributed by atoms with Crippen molar-refractivity contribution in [2.75, 3.05) is 31.2 Å². The quantitative estimate of drug-likeness (QED) is 0.765. The third-order valence-corrected chi connectivity index (χ3v) is 4.92. The summed E-state index contributed by atoms with van der Waals surface area (Å²) in [5.41, 5.74) is 4.43. The molecule has 3 heterocycles. The van der Waals surface area contributed by atoms with Gasteiger partial charge >= 0.3 is 0 Å². The van der Waals surface area contributed by atoms with Crippen LogP contribution in [0.2, 0.25) is 0 Å². The number of phenolic OH excluding ortho intramolecular Hbond substituents is 1. The molecule has 1 fully saturated rings. The zero-order valence-electron chi connectivity index (χ0n) is 15.6.